The van der Waals surface area contributed by atoms with Gasteiger partial charge >= 0.3 is 0 Å². The predicted octanol–water partition coefficient (Wildman–Crippen LogP) is 2.21. The lowest BCUT2D eigenvalue weighted by molar-refractivity contribution is -0.142. The van der Waals surface area contributed by atoms with Gasteiger partial charge in [0, 0.05) is 13.1 Å². The minimum absolute atomic E-state index is 0.0838. The first-order chi connectivity index (χ1) is 9.08. The number of carbonyl (C=O) groups is 1. The van der Waals surface area contributed by atoms with Crippen molar-refractivity contribution in [3.63, 3.8) is 0 Å². The molecule has 1 aromatic carbocycles. The van der Waals surface area contributed by atoms with Gasteiger partial charge in [-0.05, 0) is 41.1 Å². The summed E-state index contributed by atoms with van der Waals surface area (Å²) in [5.74, 6) is 0.0152. The third kappa shape index (κ3) is 3.67. The van der Waals surface area contributed by atoms with Crippen LogP contribution in [0.4, 0.5) is 4.39 Å². The van der Waals surface area contributed by atoms with Crippen LogP contribution in [-0.4, -0.2) is 43.2 Å². The second kappa shape index (κ2) is 6.34. The Morgan fingerprint density at radius 3 is 2.79 bits per heavy atom. The standard InChI is InChI=1S/C13H15BrFNO3/c1-9(13(17)16-4-6-18-7-5-16)19-12-3-2-10(15)8-11(12)14/h2-3,8-9H,4-7H2,1H3. The Bertz CT molecular complexity index is 463. The van der Waals surface area contributed by atoms with Gasteiger partial charge in [-0.15, -0.1) is 0 Å². The van der Waals surface area contributed by atoms with Crippen molar-refractivity contribution in [2.45, 2.75) is 13.0 Å². The van der Waals surface area contributed by atoms with Gasteiger partial charge in [0.2, 0.25) is 0 Å². The quantitative estimate of drug-likeness (QED) is 0.852. The molecule has 1 atom stereocenters. The molecule has 0 spiro atoms. The van der Waals surface area contributed by atoms with Crippen molar-refractivity contribution < 1.29 is 18.7 Å². The maximum absolute atomic E-state index is 13.0. The highest BCUT2D eigenvalue weighted by Crippen LogP contribution is 2.26. The molecule has 0 saturated carbocycles. The summed E-state index contributed by atoms with van der Waals surface area (Å²) in [5, 5.41) is 0. The van der Waals surface area contributed by atoms with Crippen molar-refractivity contribution >= 4 is 21.8 Å². The van der Waals surface area contributed by atoms with E-state index < -0.39 is 6.10 Å². The topological polar surface area (TPSA) is 38.8 Å². The zero-order valence-corrected chi connectivity index (χ0v) is 12.2. The van der Waals surface area contributed by atoms with Crippen molar-refractivity contribution in [3.05, 3.63) is 28.5 Å². The molecule has 0 bridgehead atoms. The van der Waals surface area contributed by atoms with Crippen LogP contribution in [0.25, 0.3) is 0 Å². The number of benzene rings is 1. The van der Waals surface area contributed by atoms with E-state index in [2.05, 4.69) is 15.9 Å². The van der Waals surface area contributed by atoms with Gasteiger partial charge in [-0.1, -0.05) is 0 Å². The van der Waals surface area contributed by atoms with Crippen molar-refractivity contribution in [2.24, 2.45) is 0 Å². The number of nitrogens with zero attached hydrogens (tertiary/aromatic N) is 1. The van der Waals surface area contributed by atoms with Crippen LogP contribution in [-0.2, 0) is 9.53 Å². The second-order valence-electron chi connectivity index (χ2n) is 4.27. The Kier molecular flexibility index (Phi) is 4.76. The van der Waals surface area contributed by atoms with Crippen LogP contribution in [0.15, 0.2) is 22.7 Å². The highest BCUT2D eigenvalue weighted by Gasteiger charge is 2.24. The fraction of sp³-hybridized carbons (Fsp3) is 0.462. The monoisotopic (exact) mass is 331 g/mol. The summed E-state index contributed by atoms with van der Waals surface area (Å²) >= 11 is 3.21. The molecule has 1 amide bonds. The smallest absolute Gasteiger partial charge is 0.263 e. The van der Waals surface area contributed by atoms with E-state index >= 15 is 0 Å². The molecule has 19 heavy (non-hydrogen) atoms. The number of ether oxygens (including phenoxy) is 2. The Balaban J connectivity index is 1.99. The Morgan fingerprint density at radius 1 is 1.47 bits per heavy atom. The maximum Gasteiger partial charge on any atom is 0.263 e. The van der Waals surface area contributed by atoms with Gasteiger partial charge in [0.25, 0.3) is 5.91 Å². The summed E-state index contributed by atoms with van der Waals surface area (Å²) in [6.07, 6.45) is -0.611. The van der Waals surface area contributed by atoms with Crippen LogP contribution >= 0.6 is 15.9 Å². The lowest BCUT2D eigenvalue weighted by Crippen LogP contribution is -2.46. The fourth-order valence-corrected chi connectivity index (χ4v) is 2.30. The zero-order chi connectivity index (χ0) is 13.8. The molecule has 1 heterocycles. The van der Waals surface area contributed by atoms with Crippen LogP contribution in [0.1, 0.15) is 6.92 Å². The number of hydrogen-bond acceptors (Lipinski definition) is 3. The van der Waals surface area contributed by atoms with Crippen molar-refractivity contribution in [2.75, 3.05) is 26.3 Å². The predicted molar refractivity (Wildman–Crippen MR) is 71.6 cm³/mol. The number of carbonyl (C=O) groups excluding carboxylic acids is 1. The summed E-state index contributed by atoms with van der Waals surface area (Å²) in [6, 6.07) is 4.11. The lowest BCUT2D eigenvalue weighted by Gasteiger charge is -2.29. The molecule has 0 radical (unpaired) electrons. The van der Waals surface area contributed by atoms with Gasteiger partial charge in [0.05, 0.1) is 17.7 Å². The van der Waals surface area contributed by atoms with E-state index in [0.717, 1.165) is 0 Å². The number of halogens is 2. The van der Waals surface area contributed by atoms with E-state index in [4.69, 9.17) is 9.47 Å². The number of rotatable bonds is 3. The minimum Gasteiger partial charge on any atom is -0.480 e. The highest BCUT2D eigenvalue weighted by atomic mass is 79.9. The van der Waals surface area contributed by atoms with E-state index in [1.807, 2.05) is 0 Å². The highest BCUT2D eigenvalue weighted by molar-refractivity contribution is 9.10. The molecule has 4 nitrogen and oxygen atoms in total. The van der Waals surface area contributed by atoms with Crippen molar-refractivity contribution in [1.82, 2.24) is 4.90 Å². The van der Waals surface area contributed by atoms with E-state index in [1.165, 1.54) is 18.2 Å². The van der Waals surface area contributed by atoms with Gasteiger partial charge in [0.1, 0.15) is 11.6 Å². The van der Waals surface area contributed by atoms with Crippen LogP contribution in [0.2, 0.25) is 0 Å². The lowest BCUT2D eigenvalue weighted by atomic mass is 10.3. The Morgan fingerprint density at radius 2 is 2.16 bits per heavy atom. The third-order valence-electron chi connectivity index (χ3n) is 2.87. The molecule has 1 unspecified atom stereocenters. The van der Waals surface area contributed by atoms with Crippen LogP contribution in [0.5, 0.6) is 5.75 Å². The summed E-state index contributed by atoms with van der Waals surface area (Å²) in [6.45, 7) is 3.96. The number of morpholine rings is 1. The van der Waals surface area contributed by atoms with E-state index in [9.17, 15) is 9.18 Å². The van der Waals surface area contributed by atoms with Gasteiger partial charge in [-0.2, -0.15) is 0 Å². The van der Waals surface area contributed by atoms with Gasteiger partial charge in [0.15, 0.2) is 6.10 Å². The Hall–Kier alpha value is -1.14. The molecule has 1 aliphatic heterocycles. The summed E-state index contributed by atoms with van der Waals surface area (Å²) in [7, 11) is 0. The molecule has 0 N–H and O–H groups in total. The average molecular weight is 332 g/mol. The Labute approximate surface area is 119 Å². The minimum atomic E-state index is -0.611. The van der Waals surface area contributed by atoms with Crippen LogP contribution < -0.4 is 4.74 Å². The number of amides is 1. The summed E-state index contributed by atoms with van der Waals surface area (Å²) in [5.41, 5.74) is 0. The van der Waals surface area contributed by atoms with Crippen molar-refractivity contribution in [3.8, 4) is 5.75 Å². The molecular formula is C13H15BrFNO3. The molecule has 1 saturated heterocycles. The number of hydrogen-bond donors (Lipinski definition) is 0. The van der Waals surface area contributed by atoms with E-state index in [-0.39, 0.29) is 11.7 Å². The van der Waals surface area contributed by atoms with E-state index in [1.54, 1.807) is 11.8 Å². The van der Waals surface area contributed by atoms with Gasteiger partial charge < -0.3 is 14.4 Å². The SMILES string of the molecule is CC(Oc1ccc(F)cc1Br)C(=O)N1CCOCC1. The maximum atomic E-state index is 13.0. The molecule has 2 rings (SSSR count). The van der Waals surface area contributed by atoms with Crippen LogP contribution in [0, 0.1) is 5.82 Å². The third-order valence-corrected chi connectivity index (χ3v) is 3.49. The molecule has 1 fully saturated rings. The van der Waals surface area contributed by atoms with Gasteiger partial charge in [-0.25, -0.2) is 4.39 Å². The average Bonchev–Trinajstić information content (AvgIpc) is 2.42. The summed E-state index contributed by atoms with van der Waals surface area (Å²) < 4.78 is 24.2. The first kappa shape index (κ1) is 14.3. The van der Waals surface area contributed by atoms with Crippen LogP contribution in [0.3, 0.4) is 0 Å². The molecule has 0 aromatic heterocycles. The molecule has 1 aromatic rings. The van der Waals surface area contributed by atoms with E-state index in [0.29, 0.717) is 36.5 Å². The zero-order valence-electron chi connectivity index (χ0n) is 10.6. The molecule has 1 aliphatic rings. The molecule has 0 aliphatic carbocycles. The molecule has 6 heteroatoms. The first-order valence-corrected chi connectivity index (χ1v) is 6.85. The first-order valence-electron chi connectivity index (χ1n) is 6.06. The van der Waals surface area contributed by atoms with Gasteiger partial charge in [-0.3, -0.25) is 4.79 Å². The second-order valence-corrected chi connectivity index (χ2v) is 5.13. The molecular weight excluding hydrogens is 317 g/mol. The van der Waals surface area contributed by atoms with Crippen molar-refractivity contribution in [1.29, 1.82) is 0 Å². The largest absolute Gasteiger partial charge is 0.480 e. The molecule has 104 valence electrons. The summed E-state index contributed by atoms with van der Waals surface area (Å²) in [4.78, 5) is 13.9. The fourth-order valence-electron chi connectivity index (χ4n) is 1.85. The normalized spacial score (nSPS) is 17.1.